The fourth-order valence-corrected chi connectivity index (χ4v) is 2.97. The van der Waals surface area contributed by atoms with Crippen molar-refractivity contribution in [1.29, 1.82) is 0 Å². The van der Waals surface area contributed by atoms with Crippen molar-refractivity contribution in [2.75, 3.05) is 26.7 Å². The van der Waals surface area contributed by atoms with E-state index in [1.54, 1.807) is 12.1 Å². The Morgan fingerprint density at radius 2 is 2.06 bits per heavy atom. The van der Waals surface area contributed by atoms with Crippen LogP contribution in [0.4, 0.5) is 4.39 Å². The quantitative estimate of drug-likeness (QED) is 0.881. The first kappa shape index (κ1) is 12.8. The predicted molar refractivity (Wildman–Crippen MR) is 68.9 cm³/mol. The van der Waals surface area contributed by atoms with Crippen LogP contribution in [0.5, 0.6) is 0 Å². The minimum absolute atomic E-state index is 0.229. The van der Waals surface area contributed by atoms with Gasteiger partial charge in [0.25, 0.3) is 0 Å². The third-order valence-electron chi connectivity index (χ3n) is 3.83. The third kappa shape index (κ3) is 2.32. The van der Waals surface area contributed by atoms with Crippen LogP contribution in [0.1, 0.15) is 18.4 Å². The van der Waals surface area contributed by atoms with Gasteiger partial charge in [-0.25, -0.2) is 4.39 Å². The van der Waals surface area contributed by atoms with Gasteiger partial charge in [0.15, 0.2) is 0 Å². The van der Waals surface area contributed by atoms with Gasteiger partial charge in [-0.15, -0.1) is 0 Å². The standard InChI is InChI=1S/C13H18ClFN2/c1-17-7-5-13(9-16,6-8-17)12-10(14)3-2-4-11(12)15/h2-4H,5-9,16H2,1H3. The van der Waals surface area contributed by atoms with E-state index in [0.717, 1.165) is 25.9 Å². The van der Waals surface area contributed by atoms with Crippen LogP contribution in [0.15, 0.2) is 18.2 Å². The molecule has 1 aliphatic heterocycles. The monoisotopic (exact) mass is 256 g/mol. The van der Waals surface area contributed by atoms with Crippen LogP contribution in [-0.2, 0) is 5.41 Å². The molecule has 0 bridgehead atoms. The lowest BCUT2D eigenvalue weighted by Crippen LogP contribution is -2.46. The summed E-state index contributed by atoms with van der Waals surface area (Å²) < 4.78 is 14.0. The van der Waals surface area contributed by atoms with Gasteiger partial charge in [0.05, 0.1) is 0 Å². The first-order valence-electron chi connectivity index (χ1n) is 5.92. The Kier molecular flexibility index (Phi) is 3.71. The fraction of sp³-hybridized carbons (Fsp3) is 0.538. The molecule has 1 fully saturated rings. The minimum atomic E-state index is -0.297. The number of rotatable bonds is 2. The number of likely N-dealkylation sites (tertiary alicyclic amines) is 1. The molecule has 0 atom stereocenters. The molecule has 0 saturated carbocycles. The zero-order valence-corrected chi connectivity index (χ0v) is 10.8. The van der Waals surface area contributed by atoms with E-state index < -0.39 is 0 Å². The maximum absolute atomic E-state index is 14.0. The van der Waals surface area contributed by atoms with Crippen molar-refractivity contribution in [3.8, 4) is 0 Å². The van der Waals surface area contributed by atoms with Crippen molar-refractivity contribution in [2.24, 2.45) is 5.73 Å². The summed E-state index contributed by atoms with van der Waals surface area (Å²) in [6.45, 7) is 2.31. The summed E-state index contributed by atoms with van der Waals surface area (Å²) in [6, 6.07) is 4.85. The number of benzene rings is 1. The number of hydrogen-bond donors (Lipinski definition) is 1. The summed E-state index contributed by atoms with van der Waals surface area (Å²) in [6.07, 6.45) is 1.72. The SMILES string of the molecule is CN1CCC(CN)(c2c(F)cccc2Cl)CC1. The normalized spacial score (nSPS) is 20.5. The Labute approximate surface area is 107 Å². The van der Waals surface area contributed by atoms with E-state index in [2.05, 4.69) is 11.9 Å². The summed E-state index contributed by atoms with van der Waals surface area (Å²) in [4.78, 5) is 2.24. The van der Waals surface area contributed by atoms with Crippen LogP contribution >= 0.6 is 11.6 Å². The van der Waals surface area contributed by atoms with Crippen LogP contribution in [0, 0.1) is 5.82 Å². The molecule has 0 spiro atoms. The average molecular weight is 257 g/mol. The molecule has 1 aliphatic rings. The molecule has 2 rings (SSSR count). The Morgan fingerprint density at radius 3 is 2.59 bits per heavy atom. The van der Waals surface area contributed by atoms with Gasteiger partial charge in [-0.05, 0) is 45.1 Å². The van der Waals surface area contributed by atoms with E-state index >= 15 is 0 Å². The molecule has 17 heavy (non-hydrogen) atoms. The van der Waals surface area contributed by atoms with Crippen molar-refractivity contribution >= 4 is 11.6 Å². The highest BCUT2D eigenvalue weighted by Gasteiger charge is 2.37. The Hall–Kier alpha value is -0.640. The zero-order chi connectivity index (χ0) is 12.5. The zero-order valence-electron chi connectivity index (χ0n) is 10.0. The molecule has 94 valence electrons. The molecule has 0 aromatic heterocycles. The van der Waals surface area contributed by atoms with Crippen LogP contribution in [0.2, 0.25) is 5.02 Å². The maximum Gasteiger partial charge on any atom is 0.128 e. The fourth-order valence-electron chi connectivity index (χ4n) is 2.61. The van der Waals surface area contributed by atoms with E-state index in [1.807, 2.05) is 0 Å². The van der Waals surface area contributed by atoms with Crippen molar-refractivity contribution in [2.45, 2.75) is 18.3 Å². The second kappa shape index (κ2) is 4.92. The van der Waals surface area contributed by atoms with Gasteiger partial charge >= 0.3 is 0 Å². The number of piperidine rings is 1. The molecule has 0 amide bonds. The molecule has 0 unspecified atom stereocenters. The van der Waals surface area contributed by atoms with Gasteiger partial charge in [-0.3, -0.25) is 0 Å². The molecular weight excluding hydrogens is 239 g/mol. The Bertz CT molecular complexity index is 380. The molecule has 1 heterocycles. The molecular formula is C13H18ClFN2. The molecule has 2 N–H and O–H groups in total. The lowest BCUT2D eigenvalue weighted by atomic mass is 9.72. The number of halogens is 2. The van der Waals surface area contributed by atoms with Crippen LogP contribution < -0.4 is 5.73 Å². The van der Waals surface area contributed by atoms with Gasteiger partial charge in [-0.1, -0.05) is 17.7 Å². The number of hydrogen-bond acceptors (Lipinski definition) is 2. The molecule has 1 aromatic rings. The largest absolute Gasteiger partial charge is 0.330 e. The third-order valence-corrected chi connectivity index (χ3v) is 4.14. The highest BCUT2D eigenvalue weighted by atomic mass is 35.5. The summed E-state index contributed by atoms with van der Waals surface area (Å²) in [7, 11) is 2.07. The van der Waals surface area contributed by atoms with E-state index in [0.29, 0.717) is 17.1 Å². The summed E-state index contributed by atoms with van der Waals surface area (Å²) in [5.74, 6) is -0.229. The molecule has 0 aliphatic carbocycles. The second-order valence-corrected chi connectivity index (χ2v) is 5.29. The van der Waals surface area contributed by atoms with Crippen LogP contribution in [-0.4, -0.2) is 31.6 Å². The van der Waals surface area contributed by atoms with Crippen LogP contribution in [0.25, 0.3) is 0 Å². The highest BCUT2D eigenvalue weighted by molar-refractivity contribution is 6.31. The van der Waals surface area contributed by atoms with E-state index in [4.69, 9.17) is 17.3 Å². The van der Waals surface area contributed by atoms with Gasteiger partial charge in [0.1, 0.15) is 5.82 Å². The average Bonchev–Trinajstić information content (AvgIpc) is 2.32. The van der Waals surface area contributed by atoms with Gasteiger partial charge in [0, 0.05) is 22.5 Å². The molecule has 2 nitrogen and oxygen atoms in total. The molecule has 1 aromatic carbocycles. The molecule has 1 saturated heterocycles. The second-order valence-electron chi connectivity index (χ2n) is 4.88. The maximum atomic E-state index is 14.0. The van der Waals surface area contributed by atoms with E-state index in [9.17, 15) is 4.39 Å². The van der Waals surface area contributed by atoms with Crippen LogP contribution in [0.3, 0.4) is 0 Å². The van der Waals surface area contributed by atoms with Crippen molar-refractivity contribution in [1.82, 2.24) is 4.90 Å². The van der Waals surface area contributed by atoms with Gasteiger partial charge in [-0.2, -0.15) is 0 Å². The molecule has 0 radical (unpaired) electrons. The molecule has 4 heteroatoms. The predicted octanol–water partition coefficient (Wildman–Crippen LogP) is 2.40. The topological polar surface area (TPSA) is 29.3 Å². The Balaban J connectivity index is 2.41. The first-order valence-corrected chi connectivity index (χ1v) is 6.30. The number of nitrogens with zero attached hydrogens (tertiary/aromatic N) is 1. The highest BCUT2D eigenvalue weighted by Crippen LogP contribution is 2.39. The smallest absolute Gasteiger partial charge is 0.128 e. The van der Waals surface area contributed by atoms with Gasteiger partial charge < -0.3 is 10.6 Å². The number of nitrogens with two attached hydrogens (primary N) is 1. The Morgan fingerprint density at radius 1 is 1.41 bits per heavy atom. The van der Waals surface area contributed by atoms with E-state index in [-0.39, 0.29) is 11.2 Å². The van der Waals surface area contributed by atoms with Gasteiger partial charge in [0.2, 0.25) is 0 Å². The van der Waals surface area contributed by atoms with Crippen molar-refractivity contribution < 1.29 is 4.39 Å². The lowest BCUT2D eigenvalue weighted by molar-refractivity contribution is 0.188. The van der Waals surface area contributed by atoms with E-state index in [1.165, 1.54) is 6.07 Å². The summed E-state index contributed by atoms with van der Waals surface area (Å²) in [5.41, 5.74) is 6.22. The summed E-state index contributed by atoms with van der Waals surface area (Å²) in [5, 5.41) is 0.500. The minimum Gasteiger partial charge on any atom is -0.330 e. The van der Waals surface area contributed by atoms with Crippen molar-refractivity contribution in [3.05, 3.63) is 34.6 Å². The lowest BCUT2D eigenvalue weighted by Gasteiger charge is -2.40. The van der Waals surface area contributed by atoms with Crippen molar-refractivity contribution in [3.63, 3.8) is 0 Å². The first-order chi connectivity index (χ1) is 8.09. The summed E-state index contributed by atoms with van der Waals surface area (Å²) >= 11 is 6.16.